The van der Waals surface area contributed by atoms with Crippen LogP contribution in [0.4, 0.5) is 10.1 Å². The molecule has 0 saturated carbocycles. The molecular formula is C19H20FNO5. The van der Waals surface area contributed by atoms with Crippen LogP contribution in [0.25, 0.3) is 0 Å². The highest BCUT2D eigenvalue weighted by atomic mass is 19.1. The number of carbonyl (C=O) groups is 2. The van der Waals surface area contributed by atoms with Gasteiger partial charge in [-0.2, -0.15) is 0 Å². The maximum Gasteiger partial charge on any atom is 0.347 e. The van der Waals surface area contributed by atoms with Gasteiger partial charge in [-0.05, 0) is 50.2 Å². The normalized spacial score (nSPS) is 12.6. The SMILES string of the molecule is COc1ccccc1NC(=O)[C@@H](C)OC(=O)[C@H](C)Oc1ccc(F)cc1. The van der Waals surface area contributed by atoms with Crippen LogP contribution in [-0.4, -0.2) is 31.2 Å². The summed E-state index contributed by atoms with van der Waals surface area (Å²) < 4.78 is 28.5. The number of hydrogen-bond donors (Lipinski definition) is 1. The molecule has 138 valence electrons. The van der Waals surface area contributed by atoms with E-state index in [1.54, 1.807) is 24.3 Å². The Hall–Kier alpha value is -3.09. The number of carbonyl (C=O) groups excluding carboxylic acids is 2. The summed E-state index contributed by atoms with van der Waals surface area (Å²) in [6.07, 6.45) is -1.99. The lowest BCUT2D eigenvalue weighted by atomic mass is 10.2. The lowest BCUT2D eigenvalue weighted by molar-refractivity contribution is -0.159. The smallest absolute Gasteiger partial charge is 0.347 e. The largest absolute Gasteiger partial charge is 0.495 e. The molecule has 2 aromatic rings. The van der Waals surface area contributed by atoms with Gasteiger partial charge >= 0.3 is 5.97 Å². The van der Waals surface area contributed by atoms with Gasteiger partial charge in [0.2, 0.25) is 0 Å². The number of rotatable bonds is 7. The maximum atomic E-state index is 12.9. The van der Waals surface area contributed by atoms with Crippen LogP contribution in [0.1, 0.15) is 13.8 Å². The summed E-state index contributed by atoms with van der Waals surface area (Å²) in [5.41, 5.74) is 0.471. The molecule has 0 unspecified atom stereocenters. The van der Waals surface area contributed by atoms with Crippen LogP contribution in [0, 0.1) is 5.82 Å². The van der Waals surface area contributed by atoms with E-state index in [4.69, 9.17) is 14.2 Å². The molecule has 2 aromatic carbocycles. The molecular weight excluding hydrogens is 341 g/mol. The molecule has 0 fully saturated rings. The first kappa shape index (κ1) is 19.2. The quantitative estimate of drug-likeness (QED) is 0.767. The summed E-state index contributed by atoms with van der Waals surface area (Å²) in [5.74, 6) is -0.808. The summed E-state index contributed by atoms with van der Waals surface area (Å²) in [7, 11) is 1.49. The number of ether oxygens (including phenoxy) is 3. The molecule has 0 heterocycles. The van der Waals surface area contributed by atoms with E-state index in [-0.39, 0.29) is 0 Å². The number of halogens is 1. The predicted octanol–water partition coefficient (Wildman–Crippen LogP) is 3.17. The fourth-order valence-electron chi connectivity index (χ4n) is 2.07. The lowest BCUT2D eigenvalue weighted by Crippen LogP contribution is -2.35. The number of anilines is 1. The number of esters is 1. The first-order valence-electron chi connectivity index (χ1n) is 7.97. The van der Waals surface area contributed by atoms with E-state index in [0.29, 0.717) is 17.2 Å². The molecule has 1 N–H and O–H groups in total. The van der Waals surface area contributed by atoms with Crippen molar-refractivity contribution in [3.05, 3.63) is 54.3 Å². The standard InChI is InChI=1S/C19H20FNO5/c1-12(18(22)21-16-6-4-5-7-17(16)24-3)26-19(23)13(2)25-15-10-8-14(20)9-11-15/h4-13H,1-3H3,(H,21,22)/t12-,13+/m1/s1. The van der Waals surface area contributed by atoms with E-state index in [2.05, 4.69) is 5.32 Å². The van der Waals surface area contributed by atoms with Gasteiger partial charge in [0.05, 0.1) is 12.8 Å². The molecule has 2 atom stereocenters. The summed E-state index contributed by atoms with van der Waals surface area (Å²) in [4.78, 5) is 24.3. The van der Waals surface area contributed by atoms with Gasteiger partial charge in [-0.25, -0.2) is 9.18 Å². The monoisotopic (exact) mass is 361 g/mol. The van der Waals surface area contributed by atoms with Crippen molar-refractivity contribution in [2.24, 2.45) is 0 Å². The van der Waals surface area contributed by atoms with Crippen molar-refractivity contribution in [3.8, 4) is 11.5 Å². The van der Waals surface area contributed by atoms with E-state index >= 15 is 0 Å². The van der Waals surface area contributed by atoms with Gasteiger partial charge in [0.1, 0.15) is 17.3 Å². The van der Waals surface area contributed by atoms with Gasteiger partial charge in [-0.3, -0.25) is 4.79 Å². The Kier molecular flexibility index (Phi) is 6.54. The third-order valence-electron chi connectivity index (χ3n) is 3.49. The van der Waals surface area contributed by atoms with Crippen molar-refractivity contribution in [1.29, 1.82) is 0 Å². The Morgan fingerprint density at radius 3 is 2.31 bits per heavy atom. The average Bonchev–Trinajstić information content (AvgIpc) is 2.63. The fraction of sp³-hybridized carbons (Fsp3) is 0.263. The number of para-hydroxylation sites is 2. The van der Waals surface area contributed by atoms with Crippen molar-refractivity contribution < 1.29 is 28.2 Å². The summed E-state index contributed by atoms with van der Waals surface area (Å²) >= 11 is 0. The van der Waals surface area contributed by atoms with Crippen LogP contribution in [0.5, 0.6) is 11.5 Å². The van der Waals surface area contributed by atoms with Crippen molar-refractivity contribution in [2.45, 2.75) is 26.1 Å². The minimum Gasteiger partial charge on any atom is -0.495 e. The van der Waals surface area contributed by atoms with E-state index < -0.39 is 29.9 Å². The third-order valence-corrected chi connectivity index (χ3v) is 3.49. The van der Waals surface area contributed by atoms with Gasteiger partial charge in [-0.15, -0.1) is 0 Å². The molecule has 0 aliphatic carbocycles. The highest BCUT2D eigenvalue weighted by molar-refractivity contribution is 5.96. The van der Waals surface area contributed by atoms with E-state index in [1.165, 1.54) is 45.2 Å². The molecule has 1 amide bonds. The van der Waals surface area contributed by atoms with Crippen molar-refractivity contribution >= 4 is 17.6 Å². The molecule has 0 aromatic heterocycles. The van der Waals surface area contributed by atoms with Gasteiger partial charge in [0.15, 0.2) is 12.2 Å². The zero-order valence-electron chi connectivity index (χ0n) is 14.7. The molecule has 0 saturated heterocycles. The fourth-order valence-corrected chi connectivity index (χ4v) is 2.07. The minimum absolute atomic E-state index is 0.321. The number of nitrogens with one attached hydrogen (secondary N) is 1. The second kappa shape index (κ2) is 8.84. The average molecular weight is 361 g/mol. The highest BCUT2D eigenvalue weighted by Crippen LogP contribution is 2.23. The Bertz CT molecular complexity index is 763. The summed E-state index contributed by atoms with van der Waals surface area (Å²) in [5, 5.41) is 2.64. The van der Waals surface area contributed by atoms with Crippen LogP contribution in [0.2, 0.25) is 0 Å². The van der Waals surface area contributed by atoms with Gasteiger partial charge in [0, 0.05) is 0 Å². The number of methoxy groups -OCH3 is 1. The molecule has 2 rings (SSSR count). The maximum absolute atomic E-state index is 12.9. The second-order valence-corrected chi connectivity index (χ2v) is 5.48. The molecule has 0 spiro atoms. The molecule has 0 aliphatic heterocycles. The molecule has 7 heteroatoms. The lowest BCUT2D eigenvalue weighted by Gasteiger charge is -2.18. The number of benzene rings is 2. The van der Waals surface area contributed by atoms with Crippen LogP contribution in [0.15, 0.2) is 48.5 Å². The Morgan fingerprint density at radius 2 is 1.65 bits per heavy atom. The van der Waals surface area contributed by atoms with Crippen molar-refractivity contribution in [1.82, 2.24) is 0 Å². The second-order valence-electron chi connectivity index (χ2n) is 5.48. The van der Waals surface area contributed by atoms with E-state index in [1.807, 2.05) is 0 Å². The number of amides is 1. The molecule has 0 aliphatic rings. The van der Waals surface area contributed by atoms with Crippen LogP contribution >= 0.6 is 0 Å². The highest BCUT2D eigenvalue weighted by Gasteiger charge is 2.23. The summed E-state index contributed by atoms with van der Waals surface area (Å²) in [6.45, 7) is 2.93. The van der Waals surface area contributed by atoms with Crippen LogP contribution < -0.4 is 14.8 Å². The molecule has 6 nitrogen and oxygen atoms in total. The molecule has 0 bridgehead atoms. The zero-order valence-corrected chi connectivity index (χ0v) is 14.7. The minimum atomic E-state index is -1.04. The van der Waals surface area contributed by atoms with Crippen molar-refractivity contribution in [2.75, 3.05) is 12.4 Å². The Morgan fingerprint density at radius 1 is 1.00 bits per heavy atom. The first-order chi connectivity index (χ1) is 12.4. The Balaban J connectivity index is 1.90. The van der Waals surface area contributed by atoms with Crippen LogP contribution in [-0.2, 0) is 14.3 Å². The number of hydrogen-bond acceptors (Lipinski definition) is 5. The van der Waals surface area contributed by atoms with Gasteiger partial charge in [0.25, 0.3) is 5.91 Å². The Labute approximate surface area is 150 Å². The van der Waals surface area contributed by atoms with Gasteiger partial charge in [-0.1, -0.05) is 12.1 Å². The van der Waals surface area contributed by atoms with Gasteiger partial charge < -0.3 is 19.5 Å². The molecule has 26 heavy (non-hydrogen) atoms. The first-order valence-corrected chi connectivity index (χ1v) is 7.97. The predicted molar refractivity (Wildman–Crippen MR) is 93.7 cm³/mol. The molecule has 0 radical (unpaired) electrons. The summed E-state index contributed by atoms with van der Waals surface area (Å²) in [6, 6.07) is 12.1. The topological polar surface area (TPSA) is 73.9 Å². The van der Waals surface area contributed by atoms with E-state index in [0.717, 1.165) is 0 Å². The zero-order chi connectivity index (χ0) is 19.1. The third kappa shape index (κ3) is 5.20. The van der Waals surface area contributed by atoms with Crippen molar-refractivity contribution in [3.63, 3.8) is 0 Å². The van der Waals surface area contributed by atoms with E-state index in [9.17, 15) is 14.0 Å². The van der Waals surface area contributed by atoms with Crippen LogP contribution in [0.3, 0.4) is 0 Å².